The fraction of sp³-hybridized carbons (Fsp3) is 0.600. The molecule has 0 spiro atoms. The Kier molecular flexibility index (Phi) is 5.37. The Hall–Kier alpha value is -0.950. The molecule has 0 saturated carbocycles. The van der Waals surface area contributed by atoms with Crippen LogP contribution in [0, 0.1) is 12.8 Å². The number of hydrogen-bond acceptors (Lipinski definition) is 4. The van der Waals surface area contributed by atoms with Crippen LogP contribution in [-0.2, 0) is 16.6 Å². The molecule has 1 saturated heterocycles. The maximum absolute atomic E-state index is 12.5. The molecule has 1 aromatic rings. The predicted molar refractivity (Wildman–Crippen MR) is 84.7 cm³/mol. The average Bonchev–Trinajstić information content (AvgIpc) is 2.85. The lowest BCUT2D eigenvalue weighted by atomic mass is 10.1. The van der Waals surface area contributed by atoms with Crippen molar-refractivity contribution < 1.29 is 8.42 Å². The van der Waals surface area contributed by atoms with Gasteiger partial charge in [0.1, 0.15) is 0 Å². The molecule has 0 aromatic heterocycles. The smallest absolute Gasteiger partial charge is 0.240 e. The standard InChI is InChI=1S/C15H25N3O2S/c1-12-14(10-16-2)5-4-6-15(12)21(19,20)17-9-13-7-8-18(3)11-13/h4-6,13,16-17H,7-11H2,1-3H3. The van der Waals surface area contributed by atoms with E-state index in [-0.39, 0.29) is 0 Å². The number of hydrogen-bond donors (Lipinski definition) is 2. The summed E-state index contributed by atoms with van der Waals surface area (Å²) in [5.74, 6) is 0.408. The normalized spacial score (nSPS) is 20.0. The monoisotopic (exact) mass is 311 g/mol. The van der Waals surface area contributed by atoms with Crippen molar-refractivity contribution in [1.82, 2.24) is 14.9 Å². The van der Waals surface area contributed by atoms with Crippen LogP contribution in [0.3, 0.4) is 0 Å². The summed E-state index contributed by atoms with van der Waals surface area (Å²) in [7, 11) is 0.493. The minimum atomic E-state index is -3.43. The number of nitrogens with zero attached hydrogens (tertiary/aromatic N) is 1. The summed E-state index contributed by atoms with van der Waals surface area (Å²) in [4.78, 5) is 2.62. The van der Waals surface area contributed by atoms with Crippen LogP contribution in [-0.4, -0.2) is 47.0 Å². The van der Waals surface area contributed by atoms with Gasteiger partial charge in [-0.05, 0) is 57.1 Å². The van der Waals surface area contributed by atoms with Crippen LogP contribution >= 0.6 is 0 Å². The Labute approximate surface area is 127 Å². The summed E-state index contributed by atoms with van der Waals surface area (Å²) in [6, 6.07) is 5.44. The molecule has 21 heavy (non-hydrogen) atoms. The van der Waals surface area contributed by atoms with E-state index in [1.165, 1.54) is 0 Å². The van der Waals surface area contributed by atoms with Gasteiger partial charge in [-0.1, -0.05) is 12.1 Å². The van der Waals surface area contributed by atoms with E-state index in [0.29, 0.717) is 23.9 Å². The second kappa shape index (κ2) is 6.87. The number of likely N-dealkylation sites (tertiary alicyclic amines) is 1. The molecule has 118 valence electrons. The van der Waals surface area contributed by atoms with Crippen LogP contribution in [0.4, 0.5) is 0 Å². The number of benzene rings is 1. The van der Waals surface area contributed by atoms with E-state index in [4.69, 9.17) is 0 Å². The largest absolute Gasteiger partial charge is 0.316 e. The van der Waals surface area contributed by atoms with E-state index in [1.54, 1.807) is 12.1 Å². The number of rotatable bonds is 6. The minimum Gasteiger partial charge on any atom is -0.316 e. The van der Waals surface area contributed by atoms with Gasteiger partial charge >= 0.3 is 0 Å². The van der Waals surface area contributed by atoms with Crippen molar-refractivity contribution in [2.75, 3.05) is 33.7 Å². The van der Waals surface area contributed by atoms with E-state index >= 15 is 0 Å². The minimum absolute atomic E-state index is 0.390. The Balaban J connectivity index is 2.10. The zero-order valence-electron chi connectivity index (χ0n) is 13.0. The van der Waals surface area contributed by atoms with Crippen LogP contribution in [0.5, 0.6) is 0 Å². The van der Waals surface area contributed by atoms with Crippen LogP contribution in [0.15, 0.2) is 23.1 Å². The van der Waals surface area contributed by atoms with Gasteiger partial charge in [0.05, 0.1) is 4.90 Å². The molecular weight excluding hydrogens is 286 g/mol. The highest BCUT2D eigenvalue weighted by atomic mass is 32.2. The van der Waals surface area contributed by atoms with Crippen molar-refractivity contribution in [3.8, 4) is 0 Å². The van der Waals surface area contributed by atoms with Crippen LogP contribution in [0.25, 0.3) is 0 Å². The molecule has 1 atom stereocenters. The molecule has 0 bridgehead atoms. The fourth-order valence-corrected chi connectivity index (χ4v) is 4.23. The molecular formula is C15H25N3O2S. The van der Waals surface area contributed by atoms with Gasteiger partial charge in [-0.25, -0.2) is 13.1 Å². The molecule has 0 aliphatic carbocycles. The molecule has 2 rings (SSSR count). The van der Waals surface area contributed by atoms with Crippen molar-refractivity contribution in [1.29, 1.82) is 0 Å². The maximum Gasteiger partial charge on any atom is 0.240 e. The fourth-order valence-electron chi connectivity index (χ4n) is 2.83. The Morgan fingerprint density at radius 2 is 2.14 bits per heavy atom. The Bertz CT molecular complexity index is 587. The van der Waals surface area contributed by atoms with Crippen molar-refractivity contribution in [3.05, 3.63) is 29.3 Å². The molecule has 1 fully saturated rings. The first-order valence-corrected chi connectivity index (χ1v) is 8.83. The zero-order chi connectivity index (χ0) is 15.5. The highest BCUT2D eigenvalue weighted by Gasteiger charge is 2.23. The highest BCUT2D eigenvalue weighted by molar-refractivity contribution is 7.89. The van der Waals surface area contributed by atoms with Gasteiger partial charge in [0.2, 0.25) is 10.0 Å². The third-order valence-electron chi connectivity index (χ3n) is 4.10. The lowest BCUT2D eigenvalue weighted by molar-refractivity contribution is 0.394. The van der Waals surface area contributed by atoms with Gasteiger partial charge in [0, 0.05) is 19.6 Å². The summed E-state index contributed by atoms with van der Waals surface area (Å²) < 4.78 is 27.8. The second-order valence-corrected chi connectivity index (χ2v) is 7.57. The highest BCUT2D eigenvalue weighted by Crippen LogP contribution is 2.20. The quantitative estimate of drug-likeness (QED) is 0.821. The van der Waals surface area contributed by atoms with E-state index in [9.17, 15) is 8.42 Å². The van der Waals surface area contributed by atoms with Crippen molar-refractivity contribution in [3.63, 3.8) is 0 Å². The van der Waals surface area contributed by atoms with Crippen LogP contribution < -0.4 is 10.0 Å². The van der Waals surface area contributed by atoms with E-state index in [1.807, 2.05) is 20.0 Å². The summed E-state index contributed by atoms with van der Waals surface area (Å²) in [5.41, 5.74) is 1.84. The Morgan fingerprint density at radius 1 is 1.38 bits per heavy atom. The third-order valence-corrected chi connectivity index (χ3v) is 5.67. The molecule has 1 aliphatic rings. The summed E-state index contributed by atoms with van der Waals surface area (Å²) in [5, 5.41) is 3.06. The van der Waals surface area contributed by atoms with Crippen LogP contribution in [0.1, 0.15) is 17.5 Å². The predicted octanol–water partition coefficient (Wildman–Crippen LogP) is 0.944. The first-order valence-electron chi connectivity index (χ1n) is 7.35. The molecule has 0 amide bonds. The topological polar surface area (TPSA) is 61.4 Å². The average molecular weight is 311 g/mol. The van der Waals surface area contributed by atoms with Gasteiger partial charge in [-0.15, -0.1) is 0 Å². The maximum atomic E-state index is 12.5. The molecule has 1 aliphatic heterocycles. The van der Waals surface area contributed by atoms with Crippen molar-refractivity contribution in [2.24, 2.45) is 5.92 Å². The lowest BCUT2D eigenvalue weighted by Gasteiger charge is -2.15. The van der Waals surface area contributed by atoms with Gasteiger partial charge in [0.15, 0.2) is 0 Å². The van der Waals surface area contributed by atoms with Crippen molar-refractivity contribution >= 4 is 10.0 Å². The Morgan fingerprint density at radius 3 is 2.76 bits per heavy atom. The van der Waals surface area contributed by atoms with Crippen LogP contribution in [0.2, 0.25) is 0 Å². The molecule has 1 unspecified atom stereocenters. The molecule has 5 nitrogen and oxygen atoms in total. The first kappa shape index (κ1) is 16.4. The van der Waals surface area contributed by atoms with E-state index < -0.39 is 10.0 Å². The van der Waals surface area contributed by atoms with Gasteiger partial charge in [-0.2, -0.15) is 0 Å². The van der Waals surface area contributed by atoms with Gasteiger partial charge < -0.3 is 10.2 Å². The summed E-state index contributed by atoms with van der Waals surface area (Å²) in [6.45, 7) is 5.06. The molecule has 6 heteroatoms. The third kappa shape index (κ3) is 4.03. The molecule has 1 aromatic carbocycles. The zero-order valence-corrected chi connectivity index (χ0v) is 13.8. The van der Waals surface area contributed by atoms with E-state index in [0.717, 1.165) is 30.6 Å². The molecule has 2 N–H and O–H groups in total. The summed E-state index contributed by atoms with van der Waals surface area (Å²) in [6.07, 6.45) is 1.05. The molecule has 0 radical (unpaired) electrons. The lowest BCUT2D eigenvalue weighted by Crippen LogP contribution is -2.31. The SMILES string of the molecule is CNCc1cccc(S(=O)(=O)NCC2CCN(C)C2)c1C. The second-order valence-electron chi connectivity index (χ2n) is 5.84. The van der Waals surface area contributed by atoms with Gasteiger partial charge in [0.25, 0.3) is 0 Å². The number of sulfonamides is 1. The number of nitrogens with one attached hydrogen (secondary N) is 2. The summed E-state index contributed by atoms with van der Waals surface area (Å²) >= 11 is 0. The molecule has 1 heterocycles. The van der Waals surface area contributed by atoms with Crippen molar-refractivity contribution in [2.45, 2.75) is 24.8 Å². The van der Waals surface area contributed by atoms with E-state index in [2.05, 4.69) is 22.0 Å². The first-order chi connectivity index (χ1) is 9.94. The van der Waals surface area contributed by atoms with Gasteiger partial charge in [-0.3, -0.25) is 0 Å².